The zero-order chi connectivity index (χ0) is 14.2. The number of hydrogen-bond donors (Lipinski definition) is 1. The number of fused-ring (bicyclic) bond motifs is 1. The molecule has 1 aliphatic rings. The zero-order valence-electron chi connectivity index (χ0n) is 12.4. The Balaban J connectivity index is 1.98. The van der Waals surface area contributed by atoms with Gasteiger partial charge in [0.05, 0.1) is 0 Å². The van der Waals surface area contributed by atoms with Gasteiger partial charge in [-0.25, -0.2) is 4.98 Å². The van der Waals surface area contributed by atoms with Crippen LogP contribution in [-0.2, 0) is 6.42 Å². The molecule has 0 unspecified atom stereocenters. The van der Waals surface area contributed by atoms with E-state index < -0.39 is 0 Å². The molecule has 0 aliphatic heterocycles. The molecule has 5 heteroatoms. The van der Waals surface area contributed by atoms with Crippen molar-refractivity contribution in [3.8, 4) is 0 Å². The van der Waals surface area contributed by atoms with Gasteiger partial charge in [-0.3, -0.25) is 4.40 Å². The summed E-state index contributed by atoms with van der Waals surface area (Å²) in [5.41, 5.74) is 8.43. The summed E-state index contributed by atoms with van der Waals surface area (Å²) in [7, 11) is 0. The fraction of sp³-hybridized carbons (Fsp3) is 0.667. The molecule has 0 bridgehead atoms. The Kier molecular flexibility index (Phi) is 3.46. The van der Waals surface area contributed by atoms with E-state index in [9.17, 15) is 0 Å². The molecule has 0 atom stereocenters. The highest BCUT2D eigenvalue weighted by atomic mass is 15.3. The second kappa shape index (κ2) is 5.13. The molecule has 0 saturated heterocycles. The van der Waals surface area contributed by atoms with Crippen LogP contribution in [0.5, 0.6) is 0 Å². The van der Waals surface area contributed by atoms with Crippen molar-refractivity contribution >= 4 is 5.78 Å². The molecule has 1 saturated carbocycles. The SMILES string of the molecule is Cc1cc(C)n2c(CC3(CN)CCCCC3)nnc2n1. The number of hydrogen-bond acceptors (Lipinski definition) is 4. The first-order valence-corrected chi connectivity index (χ1v) is 7.52. The lowest BCUT2D eigenvalue weighted by atomic mass is 9.72. The third-order valence-corrected chi connectivity index (χ3v) is 4.64. The highest BCUT2D eigenvalue weighted by Gasteiger charge is 2.32. The van der Waals surface area contributed by atoms with E-state index in [1.165, 1.54) is 32.1 Å². The normalized spacial score (nSPS) is 18.6. The number of aromatic nitrogens is 4. The fourth-order valence-electron chi connectivity index (χ4n) is 3.50. The molecule has 2 heterocycles. The molecular weight excluding hydrogens is 250 g/mol. The average molecular weight is 273 g/mol. The minimum atomic E-state index is 0.207. The Morgan fingerprint density at radius 2 is 1.95 bits per heavy atom. The molecule has 108 valence electrons. The molecule has 20 heavy (non-hydrogen) atoms. The van der Waals surface area contributed by atoms with Gasteiger partial charge in [0.15, 0.2) is 0 Å². The van der Waals surface area contributed by atoms with Crippen LogP contribution in [0, 0.1) is 19.3 Å². The summed E-state index contributed by atoms with van der Waals surface area (Å²) in [4.78, 5) is 4.46. The maximum atomic E-state index is 6.09. The lowest BCUT2D eigenvalue weighted by Crippen LogP contribution is -2.35. The van der Waals surface area contributed by atoms with Gasteiger partial charge in [0.2, 0.25) is 0 Å². The monoisotopic (exact) mass is 273 g/mol. The molecule has 2 aromatic heterocycles. The topological polar surface area (TPSA) is 69.1 Å². The van der Waals surface area contributed by atoms with E-state index >= 15 is 0 Å². The first-order valence-electron chi connectivity index (χ1n) is 7.52. The van der Waals surface area contributed by atoms with Crippen molar-refractivity contribution in [2.45, 2.75) is 52.4 Å². The minimum Gasteiger partial charge on any atom is -0.330 e. The molecule has 5 nitrogen and oxygen atoms in total. The third-order valence-electron chi connectivity index (χ3n) is 4.64. The lowest BCUT2D eigenvalue weighted by Gasteiger charge is -2.35. The second-order valence-corrected chi connectivity index (χ2v) is 6.23. The van der Waals surface area contributed by atoms with Crippen molar-refractivity contribution in [2.75, 3.05) is 6.54 Å². The van der Waals surface area contributed by atoms with Crippen molar-refractivity contribution in [2.24, 2.45) is 11.1 Å². The summed E-state index contributed by atoms with van der Waals surface area (Å²) in [6, 6.07) is 2.08. The quantitative estimate of drug-likeness (QED) is 0.930. The van der Waals surface area contributed by atoms with E-state index in [0.29, 0.717) is 5.78 Å². The Bertz CT molecular complexity index is 610. The van der Waals surface area contributed by atoms with Gasteiger partial charge in [0.1, 0.15) is 5.82 Å². The summed E-state index contributed by atoms with van der Waals surface area (Å²) in [6.45, 7) is 4.81. The largest absolute Gasteiger partial charge is 0.330 e. The second-order valence-electron chi connectivity index (χ2n) is 6.23. The molecule has 1 fully saturated rings. The van der Waals surface area contributed by atoms with Crippen LogP contribution in [0.4, 0.5) is 0 Å². The number of nitrogens with two attached hydrogens (primary N) is 1. The van der Waals surface area contributed by atoms with Gasteiger partial charge < -0.3 is 5.73 Å². The predicted octanol–water partition coefficient (Wildman–Crippen LogP) is 2.19. The summed E-state index contributed by atoms with van der Waals surface area (Å²) in [5, 5.41) is 8.61. The van der Waals surface area contributed by atoms with Crippen molar-refractivity contribution in [3.05, 3.63) is 23.3 Å². The van der Waals surface area contributed by atoms with Crippen LogP contribution in [0.3, 0.4) is 0 Å². The van der Waals surface area contributed by atoms with E-state index in [0.717, 1.165) is 30.2 Å². The van der Waals surface area contributed by atoms with Crippen LogP contribution in [0.25, 0.3) is 5.78 Å². The maximum absolute atomic E-state index is 6.09. The Hall–Kier alpha value is -1.49. The van der Waals surface area contributed by atoms with E-state index in [1.54, 1.807) is 0 Å². The molecule has 1 aliphatic carbocycles. The van der Waals surface area contributed by atoms with Crippen LogP contribution in [0.2, 0.25) is 0 Å². The van der Waals surface area contributed by atoms with Crippen molar-refractivity contribution in [1.29, 1.82) is 0 Å². The van der Waals surface area contributed by atoms with E-state index in [4.69, 9.17) is 5.73 Å². The molecule has 2 aromatic rings. The molecule has 2 N–H and O–H groups in total. The zero-order valence-corrected chi connectivity index (χ0v) is 12.4. The van der Waals surface area contributed by atoms with Gasteiger partial charge in [-0.05, 0) is 44.7 Å². The standard InChI is InChI=1S/C15H23N5/c1-11-8-12(2)20-13(18-19-14(20)17-11)9-15(10-16)6-4-3-5-7-15/h8H,3-7,9-10,16H2,1-2H3. The smallest absolute Gasteiger partial charge is 0.255 e. The average Bonchev–Trinajstić information content (AvgIpc) is 2.82. The van der Waals surface area contributed by atoms with Gasteiger partial charge in [0.25, 0.3) is 5.78 Å². The van der Waals surface area contributed by atoms with Crippen LogP contribution in [0.1, 0.15) is 49.3 Å². The first-order chi connectivity index (χ1) is 9.63. The van der Waals surface area contributed by atoms with Gasteiger partial charge >= 0.3 is 0 Å². The molecule has 0 aromatic carbocycles. The highest BCUT2D eigenvalue weighted by molar-refractivity contribution is 5.32. The summed E-state index contributed by atoms with van der Waals surface area (Å²) in [5.74, 6) is 1.72. The third kappa shape index (κ3) is 2.30. The number of rotatable bonds is 3. The van der Waals surface area contributed by atoms with Crippen LogP contribution in [-0.4, -0.2) is 26.1 Å². The minimum absolute atomic E-state index is 0.207. The van der Waals surface area contributed by atoms with Gasteiger partial charge in [-0.2, -0.15) is 0 Å². The van der Waals surface area contributed by atoms with E-state index in [-0.39, 0.29) is 5.41 Å². The van der Waals surface area contributed by atoms with Crippen LogP contribution in [0.15, 0.2) is 6.07 Å². The van der Waals surface area contributed by atoms with Crippen molar-refractivity contribution in [1.82, 2.24) is 19.6 Å². The molecule has 0 radical (unpaired) electrons. The highest BCUT2D eigenvalue weighted by Crippen LogP contribution is 2.38. The maximum Gasteiger partial charge on any atom is 0.255 e. The predicted molar refractivity (Wildman–Crippen MR) is 78.5 cm³/mol. The van der Waals surface area contributed by atoms with Gasteiger partial charge in [0, 0.05) is 17.8 Å². The Morgan fingerprint density at radius 1 is 1.20 bits per heavy atom. The van der Waals surface area contributed by atoms with Crippen molar-refractivity contribution < 1.29 is 0 Å². The van der Waals surface area contributed by atoms with Crippen molar-refractivity contribution in [3.63, 3.8) is 0 Å². The fourth-order valence-corrected chi connectivity index (χ4v) is 3.50. The molecular formula is C15H23N5. The first kappa shape index (κ1) is 13.5. The van der Waals surface area contributed by atoms with Gasteiger partial charge in [-0.1, -0.05) is 19.3 Å². The number of nitrogens with zero attached hydrogens (tertiary/aromatic N) is 4. The Morgan fingerprint density at radius 3 is 2.65 bits per heavy atom. The van der Waals surface area contributed by atoms with Crippen LogP contribution < -0.4 is 5.73 Å². The molecule has 0 spiro atoms. The Labute approximate surface area is 119 Å². The summed E-state index contributed by atoms with van der Waals surface area (Å²) in [6.07, 6.45) is 7.22. The summed E-state index contributed by atoms with van der Waals surface area (Å²) < 4.78 is 2.08. The van der Waals surface area contributed by atoms with E-state index in [2.05, 4.69) is 32.6 Å². The summed E-state index contributed by atoms with van der Waals surface area (Å²) >= 11 is 0. The molecule has 0 amide bonds. The molecule has 3 rings (SSSR count). The van der Waals surface area contributed by atoms with E-state index in [1.807, 2.05) is 6.92 Å². The number of aryl methyl sites for hydroxylation is 2. The van der Waals surface area contributed by atoms with Gasteiger partial charge in [-0.15, -0.1) is 10.2 Å². The van der Waals surface area contributed by atoms with Crippen LogP contribution >= 0.6 is 0 Å². The lowest BCUT2D eigenvalue weighted by molar-refractivity contribution is 0.193.